The van der Waals surface area contributed by atoms with Crippen LogP contribution in [0.25, 0.3) is 0 Å². The minimum atomic E-state index is -0.894. The molecule has 17 heavy (non-hydrogen) atoms. The third kappa shape index (κ3) is 2.58. The highest BCUT2D eigenvalue weighted by molar-refractivity contribution is 5.65. The molecule has 1 fully saturated rings. The topological polar surface area (TPSA) is 60.8 Å². The zero-order valence-corrected chi connectivity index (χ0v) is 9.62. The van der Waals surface area contributed by atoms with Crippen LogP contribution in [0, 0.1) is 5.92 Å². The van der Waals surface area contributed by atoms with E-state index in [0.717, 1.165) is 6.42 Å². The fraction of sp³-hybridized carbons (Fsp3) is 0.462. The van der Waals surface area contributed by atoms with E-state index in [1.165, 1.54) is 10.5 Å². The maximum absolute atomic E-state index is 10.9. The average Bonchev–Trinajstić information content (AvgIpc) is 2.39. The van der Waals surface area contributed by atoms with E-state index >= 15 is 0 Å². The van der Waals surface area contributed by atoms with Crippen molar-refractivity contribution in [3.05, 3.63) is 35.9 Å². The van der Waals surface area contributed by atoms with Gasteiger partial charge in [0, 0.05) is 25.6 Å². The molecule has 1 aromatic carbocycles. The van der Waals surface area contributed by atoms with Crippen LogP contribution < -0.4 is 0 Å². The molecule has 0 aliphatic carbocycles. The highest BCUT2D eigenvalue weighted by Gasteiger charge is 2.31. The summed E-state index contributed by atoms with van der Waals surface area (Å²) in [5.41, 5.74) is 1.19. The van der Waals surface area contributed by atoms with Gasteiger partial charge in [-0.2, -0.15) is 0 Å². The van der Waals surface area contributed by atoms with Gasteiger partial charge in [0.1, 0.15) is 0 Å². The van der Waals surface area contributed by atoms with Gasteiger partial charge in [0.25, 0.3) is 0 Å². The standard InChI is InChI=1S/C13H17NO3/c15-9-11-8-14(13(16)17)7-6-12(11)10-4-2-1-3-5-10/h1-5,11-12,15H,6-9H2,(H,16,17). The molecular formula is C13H17NO3. The van der Waals surface area contributed by atoms with Crippen LogP contribution >= 0.6 is 0 Å². The van der Waals surface area contributed by atoms with Gasteiger partial charge < -0.3 is 15.1 Å². The number of aliphatic hydroxyl groups excluding tert-OH is 1. The summed E-state index contributed by atoms with van der Waals surface area (Å²) in [4.78, 5) is 12.3. The van der Waals surface area contributed by atoms with E-state index in [0.29, 0.717) is 13.1 Å². The van der Waals surface area contributed by atoms with Crippen molar-refractivity contribution >= 4 is 6.09 Å². The summed E-state index contributed by atoms with van der Waals surface area (Å²) < 4.78 is 0. The third-order valence-corrected chi connectivity index (χ3v) is 3.47. The Labute approximate surface area is 100 Å². The summed E-state index contributed by atoms with van der Waals surface area (Å²) in [5, 5.41) is 18.4. The molecule has 4 heteroatoms. The van der Waals surface area contributed by atoms with Gasteiger partial charge in [0.2, 0.25) is 0 Å². The maximum Gasteiger partial charge on any atom is 0.407 e. The SMILES string of the molecule is O=C(O)N1CCC(c2ccccc2)C(CO)C1. The van der Waals surface area contributed by atoms with Crippen LogP contribution in [0.2, 0.25) is 0 Å². The molecule has 2 unspecified atom stereocenters. The molecule has 0 bridgehead atoms. The molecule has 0 radical (unpaired) electrons. The molecule has 0 aromatic heterocycles. The van der Waals surface area contributed by atoms with Crippen LogP contribution in [0.15, 0.2) is 30.3 Å². The number of aliphatic hydroxyl groups is 1. The molecule has 1 aromatic rings. The Hall–Kier alpha value is -1.55. The van der Waals surface area contributed by atoms with Crippen LogP contribution in [0.3, 0.4) is 0 Å². The number of benzene rings is 1. The van der Waals surface area contributed by atoms with Gasteiger partial charge in [-0.3, -0.25) is 0 Å². The smallest absolute Gasteiger partial charge is 0.407 e. The Balaban J connectivity index is 2.12. The first kappa shape index (κ1) is 11.9. The Morgan fingerprint density at radius 3 is 2.65 bits per heavy atom. The van der Waals surface area contributed by atoms with Crippen LogP contribution in [-0.4, -0.2) is 40.9 Å². The van der Waals surface area contributed by atoms with Gasteiger partial charge in [-0.25, -0.2) is 4.79 Å². The second-order valence-corrected chi connectivity index (χ2v) is 4.48. The molecule has 1 saturated heterocycles. The molecule has 4 nitrogen and oxygen atoms in total. The van der Waals surface area contributed by atoms with Crippen molar-refractivity contribution in [2.24, 2.45) is 5.92 Å². The number of piperidine rings is 1. The number of likely N-dealkylation sites (tertiary alicyclic amines) is 1. The predicted octanol–water partition coefficient (Wildman–Crippen LogP) is 1.76. The third-order valence-electron chi connectivity index (χ3n) is 3.47. The lowest BCUT2D eigenvalue weighted by molar-refractivity contribution is 0.0886. The van der Waals surface area contributed by atoms with Gasteiger partial charge in [0.15, 0.2) is 0 Å². The van der Waals surface area contributed by atoms with E-state index in [4.69, 9.17) is 5.11 Å². The van der Waals surface area contributed by atoms with Crippen molar-refractivity contribution in [3.8, 4) is 0 Å². The number of amides is 1. The largest absolute Gasteiger partial charge is 0.465 e. The molecular weight excluding hydrogens is 218 g/mol. The van der Waals surface area contributed by atoms with E-state index in [1.54, 1.807) is 0 Å². The van der Waals surface area contributed by atoms with Crippen molar-refractivity contribution in [1.29, 1.82) is 0 Å². The monoisotopic (exact) mass is 235 g/mol. The maximum atomic E-state index is 10.9. The fourth-order valence-corrected chi connectivity index (χ4v) is 2.53. The van der Waals surface area contributed by atoms with E-state index < -0.39 is 6.09 Å². The second kappa shape index (κ2) is 5.19. The Morgan fingerprint density at radius 2 is 2.06 bits per heavy atom. The predicted molar refractivity (Wildman–Crippen MR) is 64.0 cm³/mol. The quantitative estimate of drug-likeness (QED) is 0.821. The molecule has 2 rings (SSSR count). The number of carboxylic acid groups (broad SMARTS) is 1. The summed E-state index contributed by atoms with van der Waals surface area (Å²) in [5.74, 6) is 0.263. The average molecular weight is 235 g/mol. The van der Waals surface area contributed by atoms with Gasteiger partial charge >= 0.3 is 6.09 Å². The lowest BCUT2D eigenvalue weighted by Gasteiger charge is -2.36. The van der Waals surface area contributed by atoms with Crippen molar-refractivity contribution in [1.82, 2.24) is 4.90 Å². The summed E-state index contributed by atoms with van der Waals surface area (Å²) in [7, 11) is 0. The zero-order chi connectivity index (χ0) is 12.3. The number of rotatable bonds is 2. The molecule has 1 aliphatic heterocycles. The van der Waals surface area contributed by atoms with Crippen molar-refractivity contribution in [3.63, 3.8) is 0 Å². The van der Waals surface area contributed by atoms with Gasteiger partial charge in [-0.1, -0.05) is 30.3 Å². The Kier molecular flexibility index (Phi) is 3.64. The van der Waals surface area contributed by atoms with Crippen LogP contribution in [0.5, 0.6) is 0 Å². The molecule has 92 valence electrons. The van der Waals surface area contributed by atoms with Gasteiger partial charge in [-0.15, -0.1) is 0 Å². The van der Waals surface area contributed by atoms with E-state index in [1.807, 2.05) is 30.3 Å². The fourth-order valence-electron chi connectivity index (χ4n) is 2.53. The number of hydrogen-bond acceptors (Lipinski definition) is 2. The number of carbonyl (C=O) groups is 1. The lowest BCUT2D eigenvalue weighted by atomic mass is 9.81. The summed E-state index contributed by atoms with van der Waals surface area (Å²) >= 11 is 0. The van der Waals surface area contributed by atoms with E-state index in [2.05, 4.69) is 0 Å². The molecule has 0 saturated carbocycles. The molecule has 1 aliphatic rings. The summed E-state index contributed by atoms with van der Waals surface area (Å²) in [6, 6.07) is 10.0. The lowest BCUT2D eigenvalue weighted by Crippen LogP contribution is -2.43. The van der Waals surface area contributed by atoms with Crippen molar-refractivity contribution < 1.29 is 15.0 Å². The van der Waals surface area contributed by atoms with Crippen molar-refractivity contribution in [2.75, 3.05) is 19.7 Å². The van der Waals surface area contributed by atoms with Crippen molar-refractivity contribution in [2.45, 2.75) is 12.3 Å². The summed E-state index contributed by atoms with van der Waals surface area (Å²) in [6.45, 7) is 1.00. The first-order valence-corrected chi connectivity index (χ1v) is 5.86. The number of hydrogen-bond donors (Lipinski definition) is 2. The molecule has 2 N–H and O–H groups in total. The normalized spacial score (nSPS) is 24.6. The highest BCUT2D eigenvalue weighted by atomic mass is 16.4. The van der Waals surface area contributed by atoms with Crippen LogP contribution in [0.4, 0.5) is 4.79 Å². The second-order valence-electron chi connectivity index (χ2n) is 4.48. The zero-order valence-electron chi connectivity index (χ0n) is 9.62. The van der Waals surface area contributed by atoms with Gasteiger partial charge in [-0.05, 0) is 17.9 Å². The summed E-state index contributed by atoms with van der Waals surface area (Å²) in [6.07, 6.45) is -0.114. The van der Waals surface area contributed by atoms with E-state index in [-0.39, 0.29) is 18.4 Å². The van der Waals surface area contributed by atoms with E-state index in [9.17, 15) is 9.90 Å². The molecule has 1 heterocycles. The number of nitrogens with zero attached hydrogens (tertiary/aromatic N) is 1. The highest BCUT2D eigenvalue weighted by Crippen LogP contribution is 2.32. The minimum absolute atomic E-state index is 0.00208. The van der Waals surface area contributed by atoms with Gasteiger partial charge in [0.05, 0.1) is 0 Å². The molecule has 2 atom stereocenters. The Morgan fingerprint density at radius 1 is 1.35 bits per heavy atom. The minimum Gasteiger partial charge on any atom is -0.465 e. The Bertz CT molecular complexity index is 380. The molecule has 1 amide bonds. The van der Waals surface area contributed by atoms with Crippen LogP contribution in [-0.2, 0) is 0 Å². The molecule has 0 spiro atoms. The first-order valence-electron chi connectivity index (χ1n) is 5.86. The first-order chi connectivity index (χ1) is 8.22. The van der Waals surface area contributed by atoms with Crippen LogP contribution in [0.1, 0.15) is 17.9 Å².